The van der Waals surface area contributed by atoms with Gasteiger partial charge in [-0.25, -0.2) is 0 Å². The maximum absolute atomic E-state index is 11.7. The predicted octanol–water partition coefficient (Wildman–Crippen LogP) is 0.960. The molecule has 0 spiro atoms. The van der Waals surface area contributed by atoms with Gasteiger partial charge in [0.1, 0.15) is 6.04 Å². The van der Waals surface area contributed by atoms with Crippen molar-refractivity contribution in [3.63, 3.8) is 0 Å². The lowest BCUT2D eigenvalue weighted by molar-refractivity contribution is -0.117. The van der Waals surface area contributed by atoms with Gasteiger partial charge in [-0.05, 0) is 25.5 Å². The van der Waals surface area contributed by atoms with Crippen LogP contribution in [-0.2, 0) is 4.79 Å². The first kappa shape index (κ1) is 11.1. The Morgan fingerprint density at radius 3 is 3.06 bits per heavy atom. The van der Waals surface area contributed by atoms with Crippen LogP contribution in [0.1, 0.15) is 23.6 Å². The molecule has 1 unspecified atom stereocenters. The molecule has 0 saturated heterocycles. The highest BCUT2D eigenvalue weighted by atomic mass is 16.3. The lowest BCUT2D eigenvalue weighted by Crippen LogP contribution is -2.28. The molecule has 1 heterocycles. The summed E-state index contributed by atoms with van der Waals surface area (Å²) < 4.78 is 0. The van der Waals surface area contributed by atoms with Crippen LogP contribution in [0.25, 0.3) is 0 Å². The van der Waals surface area contributed by atoms with E-state index in [-0.39, 0.29) is 18.6 Å². The van der Waals surface area contributed by atoms with Crippen LogP contribution in [0.4, 0.5) is 5.69 Å². The van der Waals surface area contributed by atoms with Crippen molar-refractivity contribution >= 4 is 11.6 Å². The summed E-state index contributed by atoms with van der Waals surface area (Å²) in [4.78, 5) is 11.7. The van der Waals surface area contributed by atoms with Crippen molar-refractivity contribution in [2.75, 3.05) is 18.5 Å². The Hall–Kier alpha value is -1.39. The van der Waals surface area contributed by atoms with Crippen molar-refractivity contribution in [1.82, 2.24) is 5.32 Å². The van der Waals surface area contributed by atoms with E-state index in [1.165, 1.54) is 0 Å². The maximum atomic E-state index is 11.7. The number of aliphatic hydroxyl groups is 1. The SMILES string of the molecule is Cc1cccc2c1NC(=O)C2NCCCO. The minimum absolute atomic E-state index is 0.0118. The second kappa shape index (κ2) is 4.63. The van der Waals surface area contributed by atoms with E-state index in [0.717, 1.165) is 16.8 Å². The number of rotatable bonds is 4. The van der Waals surface area contributed by atoms with Crippen molar-refractivity contribution in [2.45, 2.75) is 19.4 Å². The molecule has 2 rings (SSSR count). The Kier molecular flexibility index (Phi) is 3.22. The van der Waals surface area contributed by atoms with Gasteiger partial charge >= 0.3 is 0 Å². The van der Waals surface area contributed by atoms with Crippen molar-refractivity contribution in [3.05, 3.63) is 29.3 Å². The number of benzene rings is 1. The van der Waals surface area contributed by atoms with Gasteiger partial charge in [0.15, 0.2) is 0 Å². The van der Waals surface area contributed by atoms with Crippen molar-refractivity contribution in [2.24, 2.45) is 0 Å². The van der Waals surface area contributed by atoms with Crippen LogP contribution in [0.5, 0.6) is 0 Å². The fourth-order valence-electron chi connectivity index (χ4n) is 1.97. The Balaban J connectivity index is 2.16. The molecule has 86 valence electrons. The summed E-state index contributed by atoms with van der Waals surface area (Å²) in [6.07, 6.45) is 0.658. The average molecular weight is 220 g/mol. The molecule has 4 nitrogen and oxygen atoms in total. The second-order valence-corrected chi connectivity index (χ2v) is 3.99. The summed E-state index contributed by atoms with van der Waals surface area (Å²) in [5.41, 5.74) is 3.01. The smallest absolute Gasteiger partial charge is 0.246 e. The molecule has 4 heteroatoms. The number of amides is 1. The molecule has 0 saturated carbocycles. The number of para-hydroxylation sites is 1. The molecule has 16 heavy (non-hydrogen) atoms. The summed E-state index contributed by atoms with van der Waals surface area (Å²) in [5, 5.41) is 14.7. The topological polar surface area (TPSA) is 61.4 Å². The number of aliphatic hydroxyl groups excluding tert-OH is 1. The largest absolute Gasteiger partial charge is 0.396 e. The Bertz CT molecular complexity index is 404. The zero-order valence-corrected chi connectivity index (χ0v) is 9.29. The van der Waals surface area contributed by atoms with Crippen LogP contribution in [0.2, 0.25) is 0 Å². The minimum atomic E-state index is -0.276. The molecule has 0 radical (unpaired) electrons. The third-order valence-electron chi connectivity index (χ3n) is 2.81. The van der Waals surface area contributed by atoms with Gasteiger partial charge in [-0.1, -0.05) is 18.2 Å². The average Bonchev–Trinajstić information content (AvgIpc) is 2.58. The summed E-state index contributed by atoms with van der Waals surface area (Å²) in [5.74, 6) is -0.0118. The number of carbonyl (C=O) groups excluding carboxylic acids is 1. The normalized spacial score (nSPS) is 18.4. The number of hydrogen-bond donors (Lipinski definition) is 3. The van der Waals surface area contributed by atoms with E-state index in [4.69, 9.17) is 5.11 Å². The van der Waals surface area contributed by atoms with E-state index in [9.17, 15) is 4.79 Å². The Labute approximate surface area is 94.7 Å². The fourth-order valence-corrected chi connectivity index (χ4v) is 1.97. The predicted molar refractivity (Wildman–Crippen MR) is 62.3 cm³/mol. The molecule has 1 aromatic rings. The van der Waals surface area contributed by atoms with Gasteiger partial charge < -0.3 is 15.7 Å². The molecule has 0 aliphatic carbocycles. The number of anilines is 1. The van der Waals surface area contributed by atoms with Gasteiger partial charge in [-0.3, -0.25) is 4.79 Å². The van der Waals surface area contributed by atoms with Crippen LogP contribution in [-0.4, -0.2) is 24.2 Å². The fraction of sp³-hybridized carbons (Fsp3) is 0.417. The van der Waals surface area contributed by atoms with E-state index in [1.54, 1.807) is 0 Å². The monoisotopic (exact) mass is 220 g/mol. The highest BCUT2D eigenvalue weighted by molar-refractivity contribution is 6.03. The lowest BCUT2D eigenvalue weighted by atomic mass is 10.1. The minimum Gasteiger partial charge on any atom is -0.396 e. The van der Waals surface area contributed by atoms with Crippen molar-refractivity contribution in [3.8, 4) is 0 Å². The third-order valence-corrected chi connectivity index (χ3v) is 2.81. The maximum Gasteiger partial charge on any atom is 0.246 e. The second-order valence-electron chi connectivity index (χ2n) is 3.99. The highest BCUT2D eigenvalue weighted by Crippen LogP contribution is 2.32. The summed E-state index contributed by atoms with van der Waals surface area (Å²) in [6.45, 7) is 2.76. The van der Waals surface area contributed by atoms with Gasteiger partial charge in [-0.15, -0.1) is 0 Å². The van der Waals surface area contributed by atoms with Crippen LogP contribution in [0, 0.1) is 6.92 Å². The van der Waals surface area contributed by atoms with Crippen LogP contribution >= 0.6 is 0 Å². The molecule has 1 atom stereocenters. The zero-order valence-electron chi connectivity index (χ0n) is 9.29. The van der Waals surface area contributed by atoms with Gasteiger partial charge in [0.25, 0.3) is 0 Å². The number of fused-ring (bicyclic) bond motifs is 1. The Morgan fingerprint density at radius 1 is 1.50 bits per heavy atom. The molecule has 1 amide bonds. The number of carbonyl (C=O) groups is 1. The molecular weight excluding hydrogens is 204 g/mol. The summed E-state index contributed by atoms with van der Waals surface area (Å²) in [7, 11) is 0. The van der Waals surface area contributed by atoms with Gasteiger partial charge in [0.05, 0.1) is 0 Å². The van der Waals surface area contributed by atoms with E-state index < -0.39 is 0 Å². The van der Waals surface area contributed by atoms with E-state index in [1.807, 2.05) is 25.1 Å². The number of hydrogen-bond acceptors (Lipinski definition) is 3. The summed E-state index contributed by atoms with van der Waals surface area (Å²) in [6, 6.07) is 5.61. The molecule has 0 fully saturated rings. The van der Waals surface area contributed by atoms with Gasteiger partial charge in [0.2, 0.25) is 5.91 Å². The molecular formula is C12H16N2O2. The third kappa shape index (κ3) is 1.94. The van der Waals surface area contributed by atoms with E-state index in [2.05, 4.69) is 10.6 Å². The first-order valence-corrected chi connectivity index (χ1v) is 5.48. The molecule has 1 aromatic carbocycles. The molecule has 1 aliphatic heterocycles. The molecule has 0 aromatic heterocycles. The standard InChI is InChI=1S/C12H16N2O2/c1-8-4-2-5-9-10(8)14-12(16)11(9)13-6-3-7-15/h2,4-5,11,13,15H,3,6-7H2,1H3,(H,14,16). The van der Waals surface area contributed by atoms with Gasteiger partial charge in [0, 0.05) is 17.9 Å². The summed E-state index contributed by atoms with van der Waals surface area (Å²) >= 11 is 0. The van der Waals surface area contributed by atoms with Gasteiger partial charge in [-0.2, -0.15) is 0 Å². The van der Waals surface area contributed by atoms with Crippen molar-refractivity contribution < 1.29 is 9.90 Å². The highest BCUT2D eigenvalue weighted by Gasteiger charge is 2.30. The first-order chi connectivity index (χ1) is 7.74. The van der Waals surface area contributed by atoms with Crippen LogP contribution in [0.3, 0.4) is 0 Å². The van der Waals surface area contributed by atoms with E-state index >= 15 is 0 Å². The lowest BCUT2D eigenvalue weighted by Gasteiger charge is -2.10. The van der Waals surface area contributed by atoms with Crippen LogP contribution in [0.15, 0.2) is 18.2 Å². The Morgan fingerprint density at radius 2 is 2.31 bits per heavy atom. The molecule has 1 aliphatic rings. The number of nitrogens with one attached hydrogen (secondary N) is 2. The van der Waals surface area contributed by atoms with Crippen LogP contribution < -0.4 is 10.6 Å². The molecule has 3 N–H and O–H groups in total. The zero-order chi connectivity index (χ0) is 11.5. The van der Waals surface area contributed by atoms with E-state index in [0.29, 0.717) is 13.0 Å². The first-order valence-electron chi connectivity index (χ1n) is 5.48. The van der Waals surface area contributed by atoms with Crippen molar-refractivity contribution in [1.29, 1.82) is 0 Å². The quantitative estimate of drug-likeness (QED) is 0.662. The number of aryl methyl sites for hydroxylation is 1. The molecule has 0 bridgehead atoms.